The lowest BCUT2D eigenvalue weighted by Gasteiger charge is -2.13. The van der Waals surface area contributed by atoms with Crippen LogP contribution < -0.4 is 10.1 Å². The molecule has 0 saturated heterocycles. The third kappa shape index (κ3) is 4.14. The maximum atomic E-state index is 13.1. The fourth-order valence-corrected chi connectivity index (χ4v) is 2.04. The first-order valence-electron chi connectivity index (χ1n) is 6.49. The molecule has 20 heavy (non-hydrogen) atoms. The average molecular weight is 294 g/mol. The van der Waals surface area contributed by atoms with E-state index in [4.69, 9.17) is 16.3 Å². The van der Waals surface area contributed by atoms with Crippen molar-refractivity contribution in [3.05, 3.63) is 58.9 Å². The molecule has 2 aromatic carbocycles. The molecule has 0 aliphatic rings. The smallest absolute Gasteiger partial charge is 0.138 e. The topological polar surface area (TPSA) is 21.3 Å². The van der Waals surface area contributed by atoms with Gasteiger partial charge in [0.15, 0.2) is 0 Å². The number of nitrogens with one attached hydrogen (secondary N) is 1. The Hall–Kier alpha value is -1.74. The summed E-state index contributed by atoms with van der Waals surface area (Å²) in [5, 5.41) is 3.76. The highest BCUT2D eigenvalue weighted by molar-refractivity contribution is 6.32. The largest absolute Gasteiger partial charge is 0.489 e. The number of hydrogen-bond acceptors (Lipinski definition) is 2. The molecule has 2 aromatic rings. The Morgan fingerprint density at radius 3 is 2.65 bits per heavy atom. The molecule has 0 fully saturated rings. The third-order valence-corrected chi connectivity index (χ3v) is 2.98. The molecular formula is C16H17ClFNO. The van der Waals surface area contributed by atoms with E-state index >= 15 is 0 Å². The first-order valence-corrected chi connectivity index (χ1v) is 6.87. The first kappa shape index (κ1) is 14.7. The van der Waals surface area contributed by atoms with Gasteiger partial charge >= 0.3 is 0 Å². The van der Waals surface area contributed by atoms with Crippen molar-refractivity contribution in [3.8, 4) is 5.75 Å². The second-order valence-corrected chi connectivity index (χ2v) is 5.20. The van der Waals surface area contributed by atoms with Crippen LogP contribution in [0.5, 0.6) is 5.75 Å². The SMILES string of the molecule is CC(C)Oc1ccc(NCc2cccc(F)c2)cc1Cl. The number of rotatable bonds is 5. The van der Waals surface area contributed by atoms with Gasteiger partial charge in [0.25, 0.3) is 0 Å². The predicted molar refractivity (Wildman–Crippen MR) is 80.9 cm³/mol. The highest BCUT2D eigenvalue weighted by Gasteiger charge is 2.05. The van der Waals surface area contributed by atoms with Crippen molar-refractivity contribution in [3.63, 3.8) is 0 Å². The summed E-state index contributed by atoms with van der Waals surface area (Å²) in [6.07, 6.45) is 0.0820. The molecular weight excluding hydrogens is 277 g/mol. The van der Waals surface area contributed by atoms with Crippen LogP contribution in [0.15, 0.2) is 42.5 Å². The zero-order valence-electron chi connectivity index (χ0n) is 11.5. The Balaban J connectivity index is 2.02. The minimum absolute atomic E-state index is 0.0820. The predicted octanol–water partition coefficient (Wildman–Crippen LogP) is 4.88. The minimum Gasteiger partial charge on any atom is -0.489 e. The molecule has 0 bridgehead atoms. The summed E-state index contributed by atoms with van der Waals surface area (Å²) in [6.45, 7) is 4.44. The lowest BCUT2D eigenvalue weighted by molar-refractivity contribution is 0.242. The van der Waals surface area contributed by atoms with Gasteiger partial charge in [0.1, 0.15) is 11.6 Å². The van der Waals surface area contributed by atoms with Crippen LogP contribution in [-0.2, 0) is 6.54 Å². The van der Waals surface area contributed by atoms with E-state index in [9.17, 15) is 4.39 Å². The Kier molecular flexibility index (Phi) is 4.85. The van der Waals surface area contributed by atoms with Crippen molar-refractivity contribution in [2.75, 3.05) is 5.32 Å². The van der Waals surface area contributed by atoms with E-state index in [1.807, 2.05) is 32.0 Å². The van der Waals surface area contributed by atoms with Gasteiger partial charge < -0.3 is 10.1 Å². The first-order chi connectivity index (χ1) is 9.54. The molecule has 0 aliphatic heterocycles. The highest BCUT2D eigenvalue weighted by atomic mass is 35.5. The second kappa shape index (κ2) is 6.62. The standard InChI is InChI=1S/C16H17ClFNO/c1-11(2)20-16-7-6-14(9-15(16)17)19-10-12-4-3-5-13(18)8-12/h3-9,11,19H,10H2,1-2H3. The molecule has 0 aromatic heterocycles. The van der Waals surface area contributed by atoms with Crippen LogP contribution in [0.4, 0.5) is 10.1 Å². The third-order valence-electron chi connectivity index (χ3n) is 2.68. The van der Waals surface area contributed by atoms with Gasteiger partial charge in [-0.05, 0) is 49.7 Å². The molecule has 0 spiro atoms. The Morgan fingerprint density at radius 2 is 2.00 bits per heavy atom. The van der Waals surface area contributed by atoms with Crippen LogP contribution in [0.2, 0.25) is 5.02 Å². The van der Waals surface area contributed by atoms with Gasteiger partial charge in [-0.25, -0.2) is 4.39 Å². The molecule has 0 unspecified atom stereocenters. The normalized spacial score (nSPS) is 10.7. The monoisotopic (exact) mass is 293 g/mol. The lowest BCUT2D eigenvalue weighted by atomic mass is 10.2. The average Bonchev–Trinajstić information content (AvgIpc) is 2.39. The van der Waals surface area contributed by atoms with Crippen LogP contribution in [-0.4, -0.2) is 6.10 Å². The highest BCUT2D eigenvalue weighted by Crippen LogP contribution is 2.28. The summed E-state index contributed by atoms with van der Waals surface area (Å²) < 4.78 is 18.6. The minimum atomic E-state index is -0.233. The lowest BCUT2D eigenvalue weighted by Crippen LogP contribution is -2.06. The molecule has 0 aliphatic carbocycles. The fraction of sp³-hybridized carbons (Fsp3) is 0.250. The maximum Gasteiger partial charge on any atom is 0.138 e. The number of halogens is 2. The fourth-order valence-electron chi connectivity index (χ4n) is 1.81. The van der Waals surface area contributed by atoms with Gasteiger partial charge in [0.2, 0.25) is 0 Å². The van der Waals surface area contributed by atoms with Crippen molar-refractivity contribution < 1.29 is 9.13 Å². The summed E-state index contributed by atoms with van der Waals surface area (Å²) in [5.41, 5.74) is 1.75. The number of ether oxygens (including phenoxy) is 1. The van der Waals surface area contributed by atoms with Crippen LogP contribution in [0.25, 0.3) is 0 Å². The van der Waals surface area contributed by atoms with Crippen LogP contribution >= 0.6 is 11.6 Å². The number of benzene rings is 2. The summed E-state index contributed by atoms with van der Waals surface area (Å²) in [5.74, 6) is 0.431. The summed E-state index contributed by atoms with van der Waals surface area (Å²) in [4.78, 5) is 0. The van der Waals surface area contributed by atoms with Crippen LogP contribution in [0, 0.1) is 5.82 Å². The van der Waals surface area contributed by atoms with Crippen molar-refractivity contribution in [2.24, 2.45) is 0 Å². The molecule has 1 N–H and O–H groups in total. The van der Waals surface area contributed by atoms with E-state index in [2.05, 4.69) is 5.32 Å². The molecule has 0 radical (unpaired) electrons. The number of anilines is 1. The molecule has 0 atom stereocenters. The van der Waals surface area contributed by atoms with E-state index in [0.717, 1.165) is 11.3 Å². The zero-order chi connectivity index (χ0) is 14.5. The van der Waals surface area contributed by atoms with Gasteiger partial charge in [0, 0.05) is 12.2 Å². The zero-order valence-corrected chi connectivity index (χ0v) is 12.2. The summed E-state index contributed by atoms with van der Waals surface area (Å²) in [7, 11) is 0. The van der Waals surface area contributed by atoms with Gasteiger partial charge in [-0.1, -0.05) is 23.7 Å². The van der Waals surface area contributed by atoms with Crippen molar-refractivity contribution in [2.45, 2.75) is 26.5 Å². The molecule has 0 amide bonds. The Labute approximate surface area is 123 Å². The van der Waals surface area contributed by atoms with E-state index in [1.54, 1.807) is 12.1 Å². The quantitative estimate of drug-likeness (QED) is 0.848. The summed E-state index contributed by atoms with van der Waals surface area (Å²) in [6, 6.07) is 12.0. The van der Waals surface area contributed by atoms with Crippen LogP contribution in [0.1, 0.15) is 19.4 Å². The van der Waals surface area contributed by atoms with Crippen molar-refractivity contribution in [1.82, 2.24) is 0 Å². The molecule has 4 heteroatoms. The van der Waals surface area contributed by atoms with E-state index in [-0.39, 0.29) is 11.9 Å². The van der Waals surface area contributed by atoms with Crippen molar-refractivity contribution >= 4 is 17.3 Å². The van der Waals surface area contributed by atoms with E-state index in [0.29, 0.717) is 17.3 Å². The molecule has 0 heterocycles. The maximum absolute atomic E-state index is 13.1. The molecule has 0 saturated carbocycles. The van der Waals surface area contributed by atoms with E-state index in [1.165, 1.54) is 12.1 Å². The number of hydrogen-bond donors (Lipinski definition) is 1. The van der Waals surface area contributed by atoms with Gasteiger partial charge in [-0.15, -0.1) is 0 Å². The van der Waals surface area contributed by atoms with Gasteiger partial charge in [-0.3, -0.25) is 0 Å². The Bertz CT molecular complexity index is 586. The van der Waals surface area contributed by atoms with Gasteiger partial charge in [0.05, 0.1) is 11.1 Å². The summed E-state index contributed by atoms with van der Waals surface area (Å²) >= 11 is 6.16. The van der Waals surface area contributed by atoms with Crippen molar-refractivity contribution in [1.29, 1.82) is 0 Å². The molecule has 106 valence electrons. The molecule has 2 rings (SSSR count). The van der Waals surface area contributed by atoms with E-state index < -0.39 is 0 Å². The molecule has 2 nitrogen and oxygen atoms in total. The second-order valence-electron chi connectivity index (χ2n) is 4.80. The van der Waals surface area contributed by atoms with Gasteiger partial charge in [-0.2, -0.15) is 0 Å². The van der Waals surface area contributed by atoms with Crippen LogP contribution in [0.3, 0.4) is 0 Å². The Morgan fingerprint density at radius 1 is 1.20 bits per heavy atom.